The summed E-state index contributed by atoms with van der Waals surface area (Å²) in [6, 6.07) is 4.27. The third-order valence-electron chi connectivity index (χ3n) is 3.49. The SMILES string of the molecule is CCC1(COC)Cc2c(cccc2C(F)(F)F)N1. The first-order chi connectivity index (χ1) is 8.42. The molecule has 2 nitrogen and oxygen atoms in total. The molecule has 100 valence electrons. The lowest BCUT2D eigenvalue weighted by Crippen LogP contribution is -2.40. The van der Waals surface area contributed by atoms with E-state index in [2.05, 4.69) is 5.32 Å². The van der Waals surface area contributed by atoms with Crippen LogP contribution in [0.1, 0.15) is 24.5 Å². The molecule has 1 aromatic carbocycles. The molecule has 0 radical (unpaired) electrons. The van der Waals surface area contributed by atoms with Gasteiger partial charge in [-0.1, -0.05) is 13.0 Å². The summed E-state index contributed by atoms with van der Waals surface area (Å²) < 4.78 is 43.9. The number of hydrogen-bond donors (Lipinski definition) is 1. The van der Waals surface area contributed by atoms with Gasteiger partial charge in [0, 0.05) is 19.2 Å². The van der Waals surface area contributed by atoms with Gasteiger partial charge in [-0.3, -0.25) is 0 Å². The third-order valence-corrected chi connectivity index (χ3v) is 3.49. The number of methoxy groups -OCH3 is 1. The minimum Gasteiger partial charge on any atom is -0.382 e. The maximum atomic E-state index is 12.9. The molecule has 18 heavy (non-hydrogen) atoms. The summed E-state index contributed by atoms with van der Waals surface area (Å²) in [7, 11) is 1.56. The Morgan fingerprint density at radius 3 is 2.67 bits per heavy atom. The second kappa shape index (κ2) is 4.46. The Labute approximate surface area is 104 Å². The van der Waals surface area contributed by atoms with Crippen LogP contribution in [0.3, 0.4) is 0 Å². The van der Waals surface area contributed by atoms with Crippen LogP contribution in [0.4, 0.5) is 18.9 Å². The van der Waals surface area contributed by atoms with Crippen LogP contribution in [0.15, 0.2) is 18.2 Å². The summed E-state index contributed by atoms with van der Waals surface area (Å²) >= 11 is 0. The molecule has 0 spiro atoms. The normalized spacial score (nSPS) is 22.7. The molecule has 0 aliphatic carbocycles. The summed E-state index contributed by atoms with van der Waals surface area (Å²) in [5, 5.41) is 3.19. The van der Waals surface area contributed by atoms with Crippen molar-refractivity contribution in [3.8, 4) is 0 Å². The van der Waals surface area contributed by atoms with Crippen LogP contribution < -0.4 is 5.32 Å². The van der Waals surface area contributed by atoms with Crippen molar-refractivity contribution in [2.75, 3.05) is 19.0 Å². The molecular weight excluding hydrogens is 243 g/mol. The average Bonchev–Trinajstić information content (AvgIpc) is 2.66. The Bertz CT molecular complexity index is 444. The second-order valence-electron chi connectivity index (χ2n) is 4.70. The monoisotopic (exact) mass is 259 g/mol. The maximum absolute atomic E-state index is 12.9. The first-order valence-electron chi connectivity index (χ1n) is 5.88. The van der Waals surface area contributed by atoms with Gasteiger partial charge >= 0.3 is 6.18 Å². The van der Waals surface area contributed by atoms with E-state index in [9.17, 15) is 13.2 Å². The van der Waals surface area contributed by atoms with Gasteiger partial charge in [0.25, 0.3) is 0 Å². The van der Waals surface area contributed by atoms with E-state index in [1.165, 1.54) is 6.07 Å². The predicted molar refractivity (Wildman–Crippen MR) is 63.7 cm³/mol. The smallest absolute Gasteiger partial charge is 0.382 e. The van der Waals surface area contributed by atoms with Gasteiger partial charge in [-0.05, 0) is 24.1 Å². The number of anilines is 1. The van der Waals surface area contributed by atoms with Crippen molar-refractivity contribution in [2.24, 2.45) is 0 Å². The average molecular weight is 259 g/mol. The Morgan fingerprint density at radius 2 is 2.11 bits per heavy atom. The first kappa shape index (κ1) is 13.2. The van der Waals surface area contributed by atoms with E-state index in [0.29, 0.717) is 30.7 Å². The van der Waals surface area contributed by atoms with Gasteiger partial charge in [-0.15, -0.1) is 0 Å². The van der Waals surface area contributed by atoms with Gasteiger partial charge in [0.05, 0.1) is 17.7 Å². The van der Waals surface area contributed by atoms with E-state index >= 15 is 0 Å². The zero-order chi connectivity index (χ0) is 13.4. The lowest BCUT2D eigenvalue weighted by atomic mass is 9.91. The zero-order valence-corrected chi connectivity index (χ0v) is 10.4. The van der Waals surface area contributed by atoms with Gasteiger partial charge in [0.15, 0.2) is 0 Å². The van der Waals surface area contributed by atoms with Crippen LogP contribution in [0.2, 0.25) is 0 Å². The fraction of sp³-hybridized carbons (Fsp3) is 0.538. The number of rotatable bonds is 3. The van der Waals surface area contributed by atoms with E-state index in [0.717, 1.165) is 6.07 Å². The van der Waals surface area contributed by atoms with Gasteiger partial charge in [-0.2, -0.15) is 13.2 Å². The Balaban J connectivity index is 2.40. The van der Waals surface area contributed by atoms with Crippen molar-refractivity contribution < 1.29 is 17.9 Å². The van der Waals surface area contributed by atoms with Crippen LogP contribution in [-0.4, -0.2) is 19.3 Å². The molecule has 2 rings (SSSR count). The van der Waals surface area contributed by atoms with E-state index in [-0.39, 0.29) is 0 Å². The molecule has 0 aromatic heterocycles. The molecule has 0 saturated carbocycles. The number of fused-ring (bicyclic) bond motifs is 1. The third kappa shape index (κ3) is 2.19. The Hall–Kier alpha value is -1.23. The highest BCUT2D eigenvalue weighted by Gasteiger charge is 2.42. The molecule has 0 saturated heterocycles. The summed E-state index contributed by atoms with van der Waals surface area (Å²) in [5.41, 5.74) is -0.0371. The van der Waals surface area contributed by atoms with E-state index in [1.807, 2.05) is 6.92 Å². The largest absolute Gasteiger partial charge is 0.416 e. The molecule has 0 bridgehead atoms. The van der Waals surface area contributed by atoms with Crippen LogP contribution in [0.5, 0.6) is 0 Å². The van der Waals surface area contributed by atoms with Crippen LogP contribution in [-0.2, 0) is 17.3 Å². The number of alkyl halides is 3. The molecule has 1 heterocycles. The Morgan fingerprint density at radius 1 is 1.39 bits per heavy atom. The molecule has 5 heteroatoms. The summed E-state index contributed by atoms with van der Waals surface area (Å²) in [6.45, 7) is 2.35. The highest BCUT2D eigenvalue weighted by atomic mass is 19.4. The molecule has 1 atom stereocenters. The van der Waals surface area contributed by atoms with Gasteiger partial charge < -0.3 is 10.1 Å². The molecule has 0 amide bonds. The van der Waals surface area contributed by atoms with Gasteiger partial charge in [0.1, 0.15) is 0 Å². The summed E-state index contributed by atoms with van der Waals surface area (Å²) in [6.07, 6.45) is -3.24. The number of hydrogen-bond acceptors (Lipinski definition) is 2. The zero-order valence-electron chi connectivity index (χ0n) is 10.4. The van der Waals surface area contributed by atoms with Crippen LogP contribution in [0.25, 0.3) is 0 Å². The van der Waals surface area contributed by atoms with E-state index in [4.69, 9.17) is 4.74 Å². The lowest BCUT2D eigenvalue weighted by molar-refractivity contribution is -0.138. The highest BCUT2D eigenvalue weighted by Crippen LogP contribution is 2.42. The second-order valence-corrected chi connectivity index (χ2v) is 4.70. The van der Waals surface area contributed by atoms with Crippen molar-refractivity contribution in [3.63, 3.8) is 0 Å². The lowest BCUT2D eigenvalue weighted by Gasteiger charge is -2.27. The summed E-state index contributed by atoms with van der Waals surface area (Å²) in [4.78, 5) is 0. The molecule has 1 N–H and O–H groups in total. The van der Waals surface area contributed by atoms with E-state index < -0.39 is 17.3 Å². The molecule has 1 aromatic rings. The van der Waals surface area contributed by atoms with Crippen molar-refractivity contribution in [2.45, 2.75) is 31.5 Å². The topological polar surface area (TPSA) is 21.3 Å². The van der Waals surface area contributed by atoms with Crippen LogP contribution >= 0.6 is 0 Å². The van der Waals surface area contributed by atoms with Crippen molar-refractivity contribution >= 4 is 5.69 Å². The Kier molecular flexibility index (Phi) is 3.27. The van der Waals surface area contributed by atoms with E-state index in [1.54, 1.807) is 13.2 Å². The number of ether oxygens (including phenoxy) is 1. The summed E-state index contributed by atoms with van der Waals surface area (Å²) in [5.74, 6) is 0. The predicted octanol–water partition coefficient (Wildman–Crippen LogP) is 3.47. The standard InChI is InChI=1S/C13H16F3NO/c1-3-12(8-18-2)7-9-10(13(14,15)16)5-4-6-11(9)17-12/h4-6,17H,3,7-8H2,1-2H3. The first-order valence-corrected chi connectivity index (χ1v) is 5.88. The van der Waals surface area contributed by atoms with Crippen molar-refractivity contribution in [3.05, 3.63) is 29.3 Å². The number of benzene rings is 1. The molecule has 0 fully saturated rings. The number of nitrogens with one attached hydrogen (secondary N) is 1. The fourth-order valence-corrected chi connectivity index (χ4v) is 2.51. The number of halogens is 3. The van der Waals surface area contributed by atoms with Crippen molar-refractivity contribution in [1.29, 1.82) is 0 Å². The van der Waals surface area contributed by atoms with Crippen molar-refractivity contribution in [1.82, 2.24) is 0 Å². The highest BCUT2D eigenvalue weighted by molar-refractivity contribution is 5.62. The molecule has 1 aliphatic rings. The molecular formula is C13H16F3NO. The maximum Gasteiger partial charge on any atom is 0.416 e. The fourth-order valence-electron chi connectivity index (χ4n) is 2.51. The molecule has 1 aliphatic heterocycles. The quantitative estimate of drug-likeness (QED) is 0.897. The van der Waals surface area contributed by atoms with Crippen LogP contribution in [0, 0.1) is 0 Å². The van der Waals surface area contributed by atoms with Gasteiger partial charge in [-0.25, -0.2) is 0 Å². The minimum atomic E-state index is -4.30. The minimum absolute atomic E-state index is 0.350. The molecule has 1 unspecified atom stereocenters. The van der Waals surface area contributed by atoms with Gasteiger partial charge in [0.2, 0.25) is 0 Å².